The number of carbonyl (C=O) groups excluding carboxylic acids is 1. The van der Waals surface area contributed by atoms with Gasteiger partial charge in [-0.25, -0.2) is 0 Å². The van der Waals surface area contributed by atoms with E-state index in [1.807, 2.05) is 61.5 Å². The number of nitrogens with zero attached hydrogens (tertiary/aromatic N) is 1. The van der Waals surface area contributed by atoms with Crippen LogP contribution in [0.3, 0.4) is 0 Å². The van der Waals surface area contributed by atoms with E-state index in [2.05, 4.69) is 23.7 Å². The van der Waals surface area contributed by atoms with Crippen molar-refractivity contribution in [1.29, 1.82) is 0 Å². The minimum absolute atomic E-state index is 0.0624. The van der Waals surface area contributed by atoms with E-state index in [4.69, 9.17) is 9.47 Å². The van der Waals surface area contributed by atoms with E-state index < -0.39 is 0 Å². The quantitative estimate of drug-likeness (QED) is 0.625. The van der Waals surface area contributed by atoms with Crippen LogP contribution >= 0.6 is 0 Å². The van der Waals surface area contributed by atoms with Crippen molar-refractivity contribution in [3.63, 3.8) is 0 Å². The molecule has 152 valence electrons. The van der Waals surface area contributed by atoms with Gasteiger partial charge in [0.05, 0.1) is 25.5 Å². The van der Waals surface area contributed by atoms with Gasteiger partial charge in [0.1, 0.15) is 11.5 Å². The molecule has 0 saturated heterocycles. The summed E-state index contributed by atoms with van der Waals surface area (Å²) in [7, 11) is 3.30. The molecule has 1 N–H and O–H groups in total. The molecule has 0 aliphatic carbocycles. The molecule has 0 aliphatic heterocycles. The molecule has 5 nitrogen and oxygen atoms in total. The first-order valence-electron chi connectivity index (χ1n) is 9.74. The van der Waals surface area contributed by atoms with Gasteiger partial charge >= 0.3 is 0 Å². The second kappa shape index (κ2) is 8.86. The van der Waals surface area contributed by atoms with Gasteiger partial charge in [-0.05, 0) is 60.9 Å². The molecule has 0 spiro atoms. The van der Waals surface area contributed by atoms with Crippen molar-refractivity contribution in [3.8, 4) is 28.4 Å². The minimum atomic E-state index is -0.0624. The molecule has 0 atom stereocenters. The fourth-order valence-electron chi connectivity index (χ4n) is 3.29. The summed E-state index contributed by atoms with van der Waals surface area (Å²) in [6.07, 6.45) is 0. The second-order valence-corrected chi connectivity index (χ2v) is 7.40. The fraction of sp³-hybridized carbons (Fsp3) is 0.292. The maximum atomic E-state index is 12.9. The molecule has 0 unspecified atom stereocenters. The zero-order valence-electron chi connectivity index (χ0n) is 17.7. The Morgan fingerprint density at radius 3 is 2.31 bits per heavy atom. The Balaban J connectivity index is 2.13. The summed E-state index contributed by atoms with van der Waals surface area (Å²) in [6.45, 7) is 6.77. The SMILES string of the molecule is COc1ccc(-c2cc(C(=O)NCC(C)C)c(C)n2-c2cccc(OC)c2)cc1. The topological polar surface area (TPSA) is 52.5 Å². The molecule has 3 rings (SSSR count). The van der Waals surface area contributed by atoms with E-state index in [0.29, 0.717) is 18.0 Å². The third kappa shape index (κ3) is 4.45. The Morgan fingerprint density at radius 1 is 1.00 bits per heavy atom. The highest BCUT2D eigenvalue weighted by molar-refractivity contribution is 5.97. The van der Waals surface area contributed by atoms with Crippen molar-refractivity contribution in [2.75, 3.05) is 20.8 Å². The molecule has 1 amide bonds. The van der Waals surface area contributed by atoms with Crippen molar-refractivity contribution in [1.82, 2.24) is 9.88 Å². The number of nitrogens with one attached hydrogen (secondary N) is 1. The Morgan fingerprint density at radius 2 is 1.69 bits per heavy atom. The average Bonchev–Trinajstić information content (AvgIpc) is 3.09. The molecule has 0 saturated carbocycles. The Labute approximate surface area is 172 Å². The number of rotatable bonds is 7. The van der Waals surface area contributed by atoms with Gasteiger partial charge in [0.2, 0.25) is 0 Å². The number of hydrogen-bond acceptors (Lipinski definition) is 3. The van der Waals surface area contributed by atoms with Crippen LogP contribution < -0.4 is 14.8 Å². The summed E-state index contributed by atoms with van der Waals surface area (Å²) in [6, 6.07) is 17.6. The maximum Gasteiger partial charge on any atom is 0.253 e. The summed E-state index contributed by atoms with van der Waals surface area (Å²) in [5.41, 5.74) is 4.42. The van der Waals surface area contributed by atoms with Gasteiger partial charge < -0.3 is 19.4 Å². The molecule has 0 bridgehead atoms. The highest BCUT2D eigenvalue weighted by atomic mass is 16.5. The number of hydrogen-bond donors (Lipinski definition) is 1. The van der Waals surface area contributed by atoms with E-state index >= 15 is 0 Å². The summed E-state index contributed by atoms with van der Waals surface area (Å²) < 4.78 is 12.8. The zero-order chi connectivity index (χ0) is 21.0. The first-order valence-corrected chi connectivity index (χ1v) is 9.74. The van der Waals surface area contributed by atoms with Crippen LogP contribution in [0.5, 0.6) is 11.5 Å². The first kappa shape index (κ1) is 20.5. The first-order chi connectivity index (χ1) is 13.9. The lowest BCUT2D eigenvalue weighted by Crippen LogP contribution is -2.27. The summed E-state index contributed by atoms with van der Waals surface area (Å²) in [4.78, 5) is 12.9. The lowest BCUT2D eigenvalue weighted by Gasteiger charge is -2.14. The van der Waals surface area contributed by atoms with Gasteiger partial charge in [-0.2, -0.15) is 0 Å². The molecule has 29 heavy (non-hydrogen) atoms. The van der Waals surface area contributed by atoms with Gasteiger partial charge in [-0.1, -0.05) is 19.9 Å². The predicted octanol–water partition coefficient (Wildman–Crippen LogP) is 4.86. The lowest BCUT2D eigenvalue weighted by atomic mass is 10.1. The normalized spacial score (nSPS) is 10.8. The van der Waals surface area contributed by atoms with Crippen molar-refractivity contribution in [3.05, 3.63) is 65.9 Å². The minimum Gasteiger partial charge on any atom is -0.497 e. The molecule has 3 aromatic rings. The Kier molecular flexibility index (Phi) is 6.27. The van der Waals surface area contributed by atoms with E-state index in [9.17, 15) is 4.79 Å². The Hall–Kier alpha value is -3.21. The number of benzene rings is 2. The molecule has 0 fully saturated rings. The van der Waals surface area contributed by atoms with Gasteiger partial charge in [-0.3, -0.25) is 4.79 Å². The van der Waals surface area contributed by atoms with E-state index in [0.717, 1.165) is 34.1 Å². The van der Waals surface area contributed by atoms with Crippen molar-refractivity contribution in [2.24, 2.45) is 5.92 Å². The van der Waals surface area contributed by atoms with E-state index in [1.54, 1.807) is 14.2 Å². The fourth-order valence-corrected chi connectivity index (χ4v) is 3.29. The highest BCUT2D eigenvalue weighted by Gasteiger charge is 2.20. The van der Waals surface area contributed by atoms with Crippen molar-refractivity contribution < 1.29 is 14.3 Å². The average molecular weight is 392 g/mol. The molecular formula is C24H28N2O3. The van der Waals surface area contributed by atoms with Gasteiger partial charge in [0.15, 0.2) is 0 Å². The van der Waals surface area contributed by atoms with Crippen LogP contribution in [0.25, 0.3) is 16.9 Å². The number of methoxy groups -OCH3 is 2. The summed E-state index contributed by atoms with van der Waals surface area (Å²) in [5.74, 6) is 1.88. The van der Waals surface area contributed by atoms with Gasteiger partial charge in [0, 0.05) is 24.0 Å². The third-order valence-electron chi connectivity index (χ3n) is 4.86. The number of ether oxygens (including phenoxy) is 2. The number of aromatic nitrogens is 1. The number of carbonyl (C=O) groups is 1. The highest BCUT2D eigenvalue weighted by Crippen LogP contribution is 2.31. The van der Waals surface area contributed by atoms with Crippen LogP contribution in [0.1, 0.15) is 29.9 Å². The molecule has 0 aliphatic rings. The van der Waals surface area contributed by atoms with Crippen LogP contribution in [0.4, 0.5) is 0 Å². The molecular weight excluding hydrogens is 364 g/mol. The van der Waals surface area contributed by atoms with Crippen LogP contribution in [0, 0.1) is 12.8 Å². The van der Waals surface area contributed by atoms with Gasteiger partial charge in [0.25, 0.3) is 5.91 Å². The summed E-state index contributed by atoms with van der Waals surface area (Å²) >= 11 is 0. The standard InChI is InChI=1S/C24H28N2O3/c1-16(2)15-25-24(27)22-14-23(18-9-11-20(28-4)12-10-18)26(17(22)3)19-7-6-8-21(13-19)29-5/h6-14,16H,15H2,1-5H3,(H,25,27). The van der Waals surface area contributed by atoms with Crippen LogP contribution in [0.15, 0.2) is 54.6 Å². The second-order valence-electron chi connectivity index (χ2n) is 7.40. The lowest BCUT2D eigenvalue weighted by molar-refractivity contribution is 0.0948. The van der Waals surface area contributed by atoms with Crippen molar-refractivity contribution in [2.45, 2.75) is 20.8 Å². The summed E-state index contributed by atoms with van der Waals surface area (Å²) in [5, 5.41) is 3.03. The van der Waals surface area contributed by atoms with Crippen LogP contribution in [-0.4, -0.2) is 31.2 Å². The van der Waals surface area contributed by atoms with Gasteiger partial charge in [-0.15, -0.1) is 0 Å². The third-order valence-corrected chi connectivity index (χ3v) is 4.86. The zero-order valence-corrected chi connectivity index (χ0v) is 17.7. The molecule has 2 aromatic carbocycles. The monoisotopic (exact) mass is 392 g/mol. The number of amides is 1. The largest absolute Gasteiger partial charge is 0.497 e. The molecule has 0 radical (unpaired) electrons. The van der Waals surface area contributed by atoms with E-state index in [1.165, 1.54) is 0 Å². The predicted molar refractivity (Wildman–Crippen MR) is 116 cm³/mol. The molecule has 1 aromatic heterocycles. The van der Waals surface area contributed by atoms with Crippen LogP contribution in [-0.2, 0) is 0 Å². The Bertz CT molecular complexity index is 988. The molecule has 1 heterocycles. The maximum absolute atomic E-state index is 12.9. The smallest absolute Gasteiger partial charge is 0.253 e. The molecule has 5 heteroatoms. The van der Waals surface area contributed by atoms with E-state index in [-0.39, 0.29) is 5.91 Å². The van der Waals surface area contributed by atoms with Crippen LogP contribution in [0.2, 0.25) is 0 Å². The van der Waals surface area contributed by atoms with Crippen molar-refractivity contribution >= 4 is 5.91 Å².